The Labute approximate surface area is 107 Å². The van der Waals surface area contributed by atoms with Gasteiger partial charge in [0, 0.05) is 12.1 Å². The van der Waals surface area contributed by atoms with E-state index in [2.05, 4.69) is 10.6 Å². The van der Waals surface area contributed by atoms with Gasteiger partial charge in [-0.1, -0.05) is 32.0 Å². The summed E-state index contributed by atoms with van der Waals surface area (Å²) >= 11 is 0. The van der Waals surface area contributed by atoms with Crippen molar-refractivity contribution in [3.05, 3.63) is 35.6 Å². The van der Waals surface area contributed by atoms with E-state index in [1.165, 1.54) is 6.07 Å². The third kappa shape index (κ3) is 2.81. The molecule has 1 aromatic rings. The number of hydrogen-bond acceptors (Lipinski definition) is 1. The lowest BCUT2D eigenvalue weighted by atomic mass is 10.0. The molecule has 4 heteroatoms. The van der Waals surface area contributed by atoms with E-state index in [1.54, 1.807) is 18.2 Å². The van der Waals surface area contributed by atoms with Gasteiger partial charge in [0.05, 0.1) is 5.54 Å². The van der Waals surface area contributed by atoms with Crippen LogP contribution in [0.15, 0.2) is 24.3 Å². The maximum Gasteiger partial charge on any atom is 0.315 e. The first-order valence-electron chi connectivity index (χ1n) is 6.34. The lowest BCUT2D eigenvalue weighted by Gasteiger charge is -2.19. The Morgan fingerprint density at radius 3 is 2.61 bits per heavy atom. The van der Waals surface area contributed by atoms with Gasteiger partial charge in [0.15, 0.2) is 0 Å². The van der Waals surface area contributed by atoms with Crippen molar-refractivity contribution in [1.82, 2.24) is 10.6 Å². The summed E-state index contributed by atoms with van der Waals surface area (Å²) in [7, 11) is 0. The van der Waals surface area contributed by atoms with E-state index in [0.717, 1.165) is 12.8 Å². The summed E-state index contributed by atoms with van der Waals surface area (Å²) in [6, 6.07) is 6.41. The van der Waals surface area contributed by atoms with Gasteiger partial charge >= 0.3 is 6.03 Å². The molecule has 0 bridgehead atoms. The molecule has 3 nitrogen and oxygen atoms in total. The number of halogens is 1. The van der Waals surface area contributed by atoms with E-state index < -0.39 is 5.54 Å². The Balaban J connectivity index is 2.01. The summed E-state index contributed by atoms with van der Waals surface area (Å²) in [6.45, 7) is 4.69. The van der Waals surface area contributed by atoms with E-state index in [1.807, 2.05) is 13.8 Å². The van der Waals surface area contributed by atoms with E-state index in [9.17, 15) is 9.18 Å². The van der Waals surface area contributed by atoms with Crippen molar-refractivity contribution < 1.29 is 9.18 Å². The maximum atomic E-state index is 13.7. The Hall–Kier alpha value is -1.58. The molecule has 0 aliphatic heterocycles. The first kappa shape index (κ1) is 12.9. The lowest BCUT2D eigenvalue weighted by Crippen LogP contribution is -2.43. The van der Waals surface area contributed by atoms with Crippen LogP contribution in [-0.2, 0) is 5.54 Å². The number of carbonyl (C=O) groups is 1. The molecular formula is C14H19FN2O. The molecule has 1 aliphatic rings. The fourth-order valence-corrected chi connectivity index (χ4v) is 1.99. The molecule has 1 fully saturated rings. The van der Waals surface area contributed by atoms with Gasteiger partial charge < -0.3 is 10.6 Å². The first-order valence-corrected chi connectivity index (χ1v) is 6.34. The predicted octanol–water partition coefficient (Wildman–Crippen LogP) is 2.77. The highest BCUT2D eigenvalue weighted by Crippen LogP contribution is 2.46. The van der Waals surface area contributed by atoms with Gasteiger partial charge in [0.1, 0.15) is 5.82 Å². The summed E-state index contributed by atoms with van der Waals surface area (Å²) in [4.78, 5) is 11.7. The van der Waals surface area contributed by atoms with Gasteiger partial charge in [0.25, 0.3) is 0 Å². The standard InChI is InChI=1S/C14H19FN2O/c1-10(2)9-16-13(18)17-14(7-8-14)11-5-3-4-6-12(11)15/h3-6,10H,7-9H2,1-2H3,(H2,16,17,18). The highest BCUT2D eigenvalue weighted by atomic mass is 19.1. The molecule has 0 aromatic heterocycles. The summed E-state index contributed by atoms with van der Waals surface area (Å²) in [5, 5.41) is 5.68. The summed E-state index contributed by atoms with van der Waals surface area (Å²) in [6.07, 6.45) is 1.59. The van der Waals surface area contributed by atoms with Crippen LogP contribution in [0.2, 0.25) is 0 Å². The van der Waals surface area contributed by atoms with Gasteiger partial charge in [-0.25, -0.2) is 9.18 Å². The first-order chi connectivity index (χ1) is 8.53. The van der Waals surface area contributed by atoms with Crippen molar-refractivity contribution >= 4 is 6.03 Å². The molecule has 2 N–H and O–H groups in total. The molecule has 0 spiro atoms. The zero-order valence-electron chi connectivity index (χ0n) is 10.8. The third-order valence-corrected chi connectivity index (χ3v) is 3.16. The molecule has 2 amide bonds. The topological polar surface area (TPSA) is 41.1 Å². The minimum atomic E-state index is -0.494. The number of hydrogen-bond donors (Lipinski definition) is 2. The second-order valence-electron chi connectivity index (χ2n) is 5.29. The molecule has 0 atom stereocenters. The number of nitrogens with one attached hydrogen (secondary N) is 2. The van der Waals surface area contributed by atoms with Gasteiger partial charge in [-0.15, -0.1) is 0 Å². The minimum absolute atomic E-state index is 0.218. The summed E-state index contributed by atoms with van der Waals surface area (Å²) in [5.74, 6) is 0.151. The molecule has 2 rings (SSSR count). The van der Waals surface area contributed by atoms with Gasteiger partial charge in [-0.3, -0.25) is 0 Å². The van der Waals surface area contributed by atoms with E-state index in [4.69, 9.17) is 0 Å². The normalized spacial score (nSPS) is 16.4. The van der Waals surface area contributed by atoms with E-state index in [0.29, 0.717) is 18.0 Å². The number of rotatable bonds is 4. The van der Waals surface area contributed by atoms with Crippen molar-refractivity contribution in [1.29, 1.82) is 0 Å². The number of amides is 2. The third-order valence-electron chi connectivity index (χ3n) is 3.16. The van der Waals surface area contributed by atoms with Gasteiger partial charge in [-0.2, -0.15) is 0 Å². The van der Waals surface area contributed by atoms with Gasteiger partial charge in [0.2, 0.25) is 0 Å². The monoisotopic (exact) mass is 250 g/mol. The smallest absolute Gasteiger partial charge is 0.315 e. The molecule has 98 valence electrons. The van der Waals surface area contributed by atoms with Crippen molar-refractivity contribution in [3.8, 4) is 0 Å². The van der Waals surface area contributed by atoms with Crippen molar-refractivity contribution in [2.45, 2.75) is 32.2 Å². The zero-order chi connectivity index (χ0) is 13.2. The summed E-state index contributed by atoms with van der Waals surface area (Å²) in [5.41, 5.74) is 0.0940. The minimum Gasteiger partial charge on any atom is -0.338 e. The second kappa shape index (κ2) is 4.96. The average Bonchev–Trinajstić information content (AvgIpc) is 3.08. The molecule has 1 aliphatic carbocycles. The van der Waals surface area contributed by atoms with Crippen molar-refractivity contribution in [2.24, 2.45) is 5.92 Å². The van der Waals surface area contributed by atoms with E-state index in [-0.39, 0.29) is 11.8 Å². The lowest BCUT2D eigenvalue weighted by molar-refractivity contribution is 0.234. The highest BCUT2D eigenvalue weighted by molar-refractivity contribution is 5.75. The quantitative estimate of drug-likeness (QED) is 0.847. The van der Waals surface area contributed by atoms with Crippen molar-refractivity contribution in [3.63, 3.8) is 0 Å². The molecular weight excluding hydrogens is 231 g/mol. The SMILES string of the molecule is CC(C)CNC(=O)NC1(c2ccccc2F)CC1. The number of carbonyl (C=O) groups excluding carboxylic acids is 1. The van der Waals surface area contributed by atoms with Crippen LogP contribution in [0.4, 0.5) is 9.18 Å². The molecule has 0 heterocycles. The van der Waals surface area contributed by atoms with Crippen LogP contribution in [0, 0.1) is 11.7 Å². The van der Waals surface area contributed by atoms with Crippen molar-refractivity contribution in [2.75, 3.05) is 6.54 Å². The Morgan fingerprint density at radius 2 is 2.06 bits per heavy atom. The van der Waals surface area contributed by atoms with Crippen LogP contribution < -0.4 is 10.6 Å². The fraction of sp³-hybridized carbons (Fsp3) is 0.500. The number of urea groups is 1. The van der Waals surface area contributed by atoms with Crippen LogP contribution >= 0.6 is 0 Å². The van der Waals surface area contributed by atoms with E-state index >= 15 is 0 Å². The average molecular weight is 250 g/mol. The second-order valence-corrected chi connectivity index (χ2v) is 5.29. The Kier molecular flexibility index (Phi) is 3.55. The molecule has 1 aromatic carbocycles. The molecule has 1 saturated carbocycles. The largest absolute Gasteiger partial charge is 0.338 e. The van der Waals surface area contributed by atoms with Crippen LogP contribution in [0.1, 0.15) is 32.3 Å². The predicted molar refractivity (Wildman–Crippen MR) is 68.7 cm³/mol. The molecule has 0 unspecified atom stereocenters. The van der Waals surface area contributed by atoms with Crippen LogP contribution in [0.25, 0.3) is 0 Å². The number of benzene rings is 1. The molecule has 0 radical (unpaired) electrons. The summed E-state index contributed by atoms with van der Waals surface area (Å²) < 4.78 is 13.7. The highest BCUT2D eigenvalue weighted by Gasteiger charge is 2.47. The van der Waals surface area contributed by atoms with Gasteiger partial charge in [-0.05, 0) is 24.8 Å². The zero-order valence-corrected chi connectivity index (χ0v) is 10.8. The molecule has 18 heavy (non-hydrogen) atoms. The molecule has 0 saturated heterocycles. The van der Waals surface area contributed by atoms with Crippen LogP contribution in [0.5, 0.6) is 0 Å². The Morgan fingerprint density at radius 1 is 1.39 bits per heavy atom. The van der Waals surface area contributed by atoms with Crippen LogP contribution in [-0.4, -0.2) is 12.6 Å². The Bertz CT molecular complexity index is 441. The maximum absolute atomic E-state index is 13.7. The fourth-order valence-electron chi connectivity index (χ4n) is 1.99. The van der Waals surface area contributed by atoms with Crippen LogP contribution in [0.3, 0.4) is 0 Å².